The van der Waals surface area contributed by atoms with Gasteiger partial charge < -0.3 is 0 Å². The summed E-state index contributed by atoms with van der Waals surface area (Å²) in [6.45, 7) is 5.54. The fraction of sp³-hybridized carbons (Fsp3) is 0.333. The van der Waals surface area contributed by atoms with Crippen molar-refractivity contribution in [2.24, 2.45) is 4.99 Å². The summed E-state index contributed by atoms with van der Waals surface area (Å²) >= 11 is 4.50. The molecule has 1 aromatic carbocycles. The molecule has 0 aliphatic rings. The zero-order valence-electron chi connectivity index (χ0n) is 9.98. The first kappa shape index (κ1) is 13.5. The van der Waals surface area contributed by atoms with Crippen LogP contribution in [-0.4, -0.2) is 16.7 Å². The van der Waals surface area contributed by atoms with E-state index < -0.39 is 5.60 Å². The van der Waals surface area contributed by atoms with E-state index in [-0.39, 0.29) is 5.91 Å². The van der Waals surface area contributed by atoms with Crippen LogP contribution in [0.25, 0.3) is 0 Å². The smallest absolute Gasteiger partial charge is 0.268 e. The van der Waals surface area contributed by atoms with Gasteiger partial charge in [-0.1, -0.05) is 6.07 Å². The van der Waals surface area contributed by atoms with E-state index in [0.717, 1.165) is 0 Å². The maximum Gasteiger partial charge on any atom is 0.274 e. The summed E-state index contributed by atoms with van der Waals surface area (Å²) in [5.74, 6) is -0.318. The lowest BCUT2D eigenvalue weighted by Crippen LogP contribution is -2.33. The van der Waals surface area contributed by atoms with E-state index >= 15 is 0 Å². The largest absolute Gasteiger partial charge is 0.274 e. The van der Waals surface area contributed by atoms with Crippen molar-refractivity contribution < 1.29 is 9.63 Å². The molecule has 1 N–H and O–H groups in total. The predicted molar refractivity (Wildman–Crippen MR) is 69.4 cm³/mol. The number of rotatable bonds is 3. The number of carbonyl (C=O) groups excluding carboxylic acids is 1. The summed E-state index contributed by atoms with van der Waals surface area (Å²) in [7, 11) is 0. The van der Waals surface area contributed by atoms with Gasteiger partial charge in [-0.15, -0.1) is 0 Å². The van der Waals surface area contributed by atoms with Crippen LogP contribution in [0.4, 0.5) is 5.69 Å². The Hall–Kier alpha value is -1.55. The van der Waals surface area contributed by atoms with E-state index in [1.54, 1.807) is 24.3 Å². The second-order valence-electron chi connectivity index (χ2n) is 4.40. The van der Waals surface area contributed by atoms with Gasteiger partial charge in [0.15, 0.2) is 0 Å². The molecule has 1 amide bonds. The summed E-state index contributed by atoms with van der Waals surface area (Å²) in [5, 5.41) is 2.25. The molecular formula is C12H14N2O2S. The Balaban J connectivity index is 2.75. The van der Waals surface area contributed by atoms with Crippen LogP contribution in [0.3, 0.4) is 0 Å². The SMILES string of the molecule is CC(C)(C)ONC(=O)c1cccc(N=C=S)c1. The van der Waals surface area contributed by atoms with Crippen molar-refractivity contribution in [1.82, 2.24) is 5.48 Å². The van der Waals surface area contributed by atoms with E-state index in [9.17, 15) is 4.79 Å². The zero-order chi connectivity index (χ0) is 12.9. The number of hydrogen-bond donors (Lipinski definition) is 1. The van der Waals surface area contributed by atoms with Crippen LogP contribution < -0.4 is 5.48 Å². The molecule has 0 aromatic heterocycles. The van der Waals surface area contributed by atoms with Crippen LogP contribution in [0.5, 0.6) is 0 Å². The van der Waals surface area contributed by atoms with Gasteiger partial charge in [0.2, 0.25) is 0 Å². The molecule has 1 rings (SSSR count). The molecule has 0 heterocycles. The number of nitrogens with one attached hydrogen (secondary N) is 1. The first-order valence-corrected chi connectivity index (χ1v) is 5.49. The van der Waals surface area contributed by atoms with Crippen LogP contribution in [-0.2, 0) is 4.84 Å². The van der Waals surface area contributed by atoms with Crippen LogP contribution >= 0.6 is 12.2 Å². The predicted octanol–water partition coefficient (Wildman–Crippen LogP) is 2.88. The van der Waals surface area contributed by atoms with Gasteiger partial charge >= 0.3 is 0 Å². The van der Waals surface area contributed by atoms with Gasteiger partial charge in [0.25, 0.3) is 5.91 Å². The van der Waals surface area contributed by atoms with Gasteiger partial charge in [0.1, 0.15) is 0 Å². The Kier molecular flexibility index (Phi) is 4.52. The number of amides is 1. The van der Waals surface area contributed by atoms with Gasteiger partial charge in [-0.05, 0) is 51.2 Å². The van der Waals surface area contributed by atoms with Gasteiger partial charge in [-0.25, -0.2) is 5.48 Å². The minimum absolute atomic E-state index is 0.318. The molecule has 0 unspecified atom stereocenters. The topological polar surface area (TPSA) is 50.7 Å². The minimum atomic E-state index is -0.431. The van der Waals surface area contributed by atoms with Crippen molar-refractivity contribution in [3.05, 3.63) is 29.8 Å². The molecule has 0 aliphatic heterocycles. The lowest BCUT2D eigenvalue weighted by molar-refractivity contribution is -0.0589. The first-order valence-electron chi connectivity index (χ1n) is 5.09. The molecule has 0 spiro atoms. The second-order valence-corrected chi connectivity index (χ2v) is 4.58. The molecule has 0 saturated carbocycles. The molecule has 0 fully saturated rings. The maximum absolute atomic E-state index is 11.7. The van der Waals surface area contributed by atoms with Gasteiger partial charge in [-0.3, -0.25) is 9.63 Å². The van der Waals surface area contributed by atoms with Crippen molar-refractivity contribution in [3.8, 4) is 0 Å². The number of benzene rings is 1. The molecule has 0 bridgehead atoms. The average Bonchev–Trinajstić information content (AvgIpc) is 2.26. The first-order chi connectivity index (χ1) is 7.92. The Morgan fingerprint density at radius 2 is 2.18 bits per heavy atom. The van der Waals surface area contributed by atoms with Crippen molar-refractivity contribution in [3.63, 3.8) is 0 Å². The number of isothiocyanates is 1. The molecule has 0 saturated heterocycles. The number of thiocarbonyl (C=S) groups is 1. The molecule has 90 valence electrons. The lowest BCUT2D eigenvalue weighted by atomic mass is 10.2. The number of carbonyl (C=O) groups is 1. The molecule has 0 radical (unpaired) electrons. The summed E-state index contributed by atoms with van der Waals surface area (Å²) in [4.78, 5) is 20.7. The minimum Gasteiger partial charge on any atom is -0.268 e. The van der Waals surface area contributed by atoms with E-state index in [1.807, 2.05) is 20.8 Å². The highest BCUT2D eigenvalue weighted by atomic mass is 32.1. The summed E-state index contributed by atoms with van der Waals surface area (Å²) in [5.41, 5.74) is 3.00. The second kappa shape index (κ2) is 5.68. The Morgan fingerprint density at radius 1 is 1.47 bits per heavy atom. The van der Waals surface area contributed by atoms with Gasteiger partial charge in [-0.2, -0.15) is 4.99 Å². The number of hydroxylamine groups is 1. The highest BCUT2D eigenvalue weighted by molar-refractivity contribution is 7.78. The van der Waals surface area contributed by atoms with Crippen LogP contribution in [0.2, 0.25) is 0 Å². The zero-order valence-corrected chi connectivity index (χ0v) is 10.8. The fourth-order valence-corrected chi connectivity index (χ4v) is 1.13. The van der Waals surface area contributed by atoms with Gasteiger partial charge in [0, 0.05) is 5.56 Å². The van der Waals surface area contributed by atoms with Crippen LogP contribution in [0.1, 0.15) is 31.1 Å². The third-order valence-corrected chi connectivity index (χ3v) is 1.82. The third-order valence-electron chi connectivity index (χ3n) is 1.73. The van der Waals surface area contributed by atoms with Crippen molar-refractivity contribution >= 4 is 29.0 Å². The van der Waals surface area contributed by atoms with E-state index in [2.05, 4.69) is 27.9 Å². The van der Waals surface area contributed by atoms with Crippen molar-refractivity contribution in [1.29, 1.82) is 0 Å². The molecule has 17 heavy (non-hydrogen) atoms. The Labute approximate surface area is 106 Å². The number of aliphatic imine (C=N–C) groups is 1. The lowest BCUT2D eigenvalue weighted by Gasteiger charge is -2.18. The van der Waals surface area contributed by atoms with Crippen molar-refractivity contribution in [2.75, 3.05) is 0 Å². The summed E-state index contributed by atoms with van der Waals surface area (Å²) < 4.78 is 0. The van der Waals surface area contributed by atoms with Crippen molar-refractivity contribution in [2.45, 2.75) is 26.4 Å². The molecule has 1 aromatic rings. The van der Waals surface area contributed by atoms with Crippen LogP contribution in [0.15, 0.2) is 29.3 Å². The highest BCUT2D eigenvalue weighted by Gasteiger charge is 2.13. The number of nitrogens with zero attached hydrogens (tertiary/aromatic N) is 1. The van der Waals surface area contributed by atoms with E-state index in [4.69, 9.17) is 4.84 Å². The van der Waals surface area contributed by atoms with E-state index in [1.165, 1.54) is 0 Å². The standard InChI is InChI=1S/C12H14N2O2S/c1-12(2,3)16-14-11(15)9-5-4-6-10(7-9)13-8-17/h4-7H,1-3H3,(H,14,15). The van der Waals surface area contributed by atoms with Crippen LogP contribution in [0, 0.1) is 0 Å². The van der Waals surface area contributed by atoms with Gasteiger partial charge in [0.05, 0.1) is 16.4 Å². The molecule has 0 atom stereocenters. The number of hydrogen-bond acceptors (Lipinski definition) is 4. The Morgan fingerprint density at radius 3 is 2.76 bits per heavy atom. The Bertz CT molecular complexity index is 460. The average molecular weight is 250 g/mol. The highest BCUT2D eigenvalue weighted by Crippen LogP contribution is 2.13. The molecule has 5 heteroatoms. The fourth-order valence-electron chi connectivity index (χ4n) is 1.03. The monoisotopic (exact) mass is 250 g/mol. The molecular weight excluding hydrogens is 236 g/mol. The normalized spacial score (nSPS) is 10.5. The third kappa shape index (κ3) is 4.87. The maximum atomic E-state index is 11.7. The van der Waals surface area contributed by atoms with E-state index in [0.29, 0.717) is 11.3 Å². The molecule has 0 aliphatic carbocycles. The quantitative estimate of drug-likeness (QED) is 0.510. The molecule has 4 nitrogen and oxygen atoms in total. The summed E-state index contributed by atoms with van der Waals surface area (Å²) in [6, 6.07) is 6.74. The summed E-state index contributed by atoms with van der Waals surface area (Å²) in [6.07, 6.45) is 0.